The molecule has 0 saturated carbocycles. The van der Waals surface area contributed by atoms with E-state index < -0.39 is 34.0 Å². The minimum atomic E-state index is -1.14. The number of aliphatic carboxylic acids is 1. The van der Waals surface area contributed by atoms with E-state index in [1.54, 1.807) is 0 Å². The predicted octanol–water partition coefficient (Wildman–Crippen LogP) is 2.63. The number of rotatable bonds is 9. The lowest BCUT2D eigenvalue weighted by molar-refractivity contribution is -0.400. The van der Waals surface area contributed by atoms with Crippen LogP contribution in [-0.2, 0) is 11.3 Å². The minimum absolute atomic E-state index is 0.0356. The molecule has 0 aromatic heterocycles. The van der Waals surface area contributed by atoms with Crippen molar-refractivity contribution in [1.82, 2.24) is 5.32 Å². The van der Waals surface area contributed by atoms with Crippen molar-refractivity contribution in [3.63, 3.8) is 0 Å². The van der Waals surface area contributed by atoms with Gasteiger partial charge >= 0.3 is 5.97 Å². The van der Waals surface area contributed by atoms with Gasteiger partial charge < -0.3 is 20.8 Å². The van der Waals surface area contributed by atoms with Crippen LogP contribution in [0.15, 0.2) is 36.5 Å². The van der Waals surface area contributed by atoms with Gasteiger partial charge in [-0.15, -0.1) is 0 Å². The molecule has 13 heteroatoms. The van der Waals surface area contributed by atoms with Gasteiger partial charge in [0.05, 0.1) is 32.7 Å². The Morgan fingerprint density at radius 2 is 1.87 bits per heavy atom. The number of anilines is 1. The van der Waals surface area contributed by atoms with Crippen LogP contribution < -0.4 is 10.6 Å². The second kappa shape index (κ2) is 10.1. The van der Waals surface area contributed by atoms with Gasteiger partial charge in [0.2, 0.25) is 6.20 Å². The van der Waals surface area contributed by atoms with Gasteiger partial charge in [0, 0.05) is 30.3 Å². The molecule has 2 rings (SSSR count). The summed E-state index contributed by atoms with van der Waals surface area (Å²) in [4.78, 5) is 43.4. The first-order valence-electron chi connectivity index (χ1n) is 8.44. The topological polar surface area (TPSA) is 185 Å². The Morgan fingerprint density at radius 1 is 1.16 bits per heavy atom. The van der Waals surface area contributed by atoms with Crippen LogP contribution >= 0.6 is 11.6 Å². The molecule has 0 unspecified atom stereocenters. The van der Waals surface area contributed by atoms with E-state index in [1.165, 1.54) is 18.2 Å². The van der Waals surface area contributed by atoms with E-state index >= 15 is 0 Å². The molecule has 162 valence electrons. The van der Waals surface area contributed by atoms with Crippen molar-refractivity contribution in [3.8, 4) is 5.75 Å². The lowest BCUT2D eigenvalue weighted by Gasteiger charge is -2.13. The highest BCUT2D eigenvalue weighted by molar-refractivity contribution is 6.34. The zero-order valence-corrected chi connectivity index (χ0v) is 16.3. The first kappa shape index (κ1) is 23.3. The molecular weight excluding hydrogens is 436 g/mol. The van der Waals surface area contributed by atoms with Crippen LogP contribution in [0.2, 0.25) is 5.02 Å². The van der Waals surface area contributed by atoms with Gasteiger partial charge in [0.1, 0.15) is 5.75 Å². The number of nitrogens with one attached hydrogen (secondary N) is 2. The van der Waals surface area contributed by atoms with Crippen molar-refractivity contribution >= 4 is 40.9 Å². The van der Waals surface area contributed by atoms with Gasteiger partial charge in [-0.25, -0.2) is 0 Å². The summed E-state index contributed by atoms with van der Waals surface area (Å²) in [6.07, 6.45) is 1.73. The molecule has 31 heavy (non-hydrogen) atoms. The summed E-state index contributed by atoms with van der Waals surface area (Å²) in [6.45, 7) is -0.564. The van der Waals surface area contributed by atoms with Crippen molar-refractivity contribution in [2.45, 2.75) is 6.54 Å². The fourth-order valence-electron chi connectivity index (χ4n) is 2.48. The molecule has 0 aliphatic carbocycles. The Balaban J connectivity index is 2.38. The number of amides is 1. The Hall–Kier alpha value is -4.03. The first-order chi connectivity index (χ1) is 14.6. The number of aromatic hydroxyl groups is 1. The van der Waals surface area contributed by atoms with E-state index in [1.807, 2.05) is 0 Å². The molecule has 0 bridgehead atoms. The third-order valence-corrected chi connectivity index (χ3v) is 4.16. The van der Waals surface area contributed by atoms with Crippen molar-refractivity contribution in [3.05, 3.63) is 78.5 Å². The largest absolute Gasteiger partial charge is 0.507 e. The zero-order chi connectivity index (χ0) is 23.1. The van der Waals surface area contributed by atoms with Gasteiger partial charge in [0.15, 0.2) is 0 Å². The molecule has 2 aromatic carbocycles. The van der Waals surface area contributed by atoms with Crippen molar-refractivity contribution < 1.29 is 29.6 Å². The number of carboxylic acid groups (broad SMARTS) is 1. The fraction of sp³-hybridized carbons (Fsp3) is 0.111. The van der Waals surface area contributed by atoms with E-state index in [0.29, 0.717) is 6.20 Å². The smallest absolute Gasteiger partial charge is 0.317 e. The quantitative estimate of drug-likeness (QED) is 0.329. The number of hydrogen-bond acceptors (Lipinski definition) is 8. The standard InChI is InChI=1S/C18H15ClN4O8/c19-14-7-12(23(30)31)1-2-15(14)21-18(27)13-6-10(3-4-22(28)29)5-11(17(13)26)8-20-9-16(24)25/h1-7,20,26H,8-9H2,(H,21,27)(H,24,25)/b4-3+. The number of benzene rings is 2. The lowest BCUT2D eigenvalue weighted by Crippen LogP contribution is -2.22. The molecule has 0 fully saturated rings. The van der Waals surface area contributed by atoms with Gasteiger partial charge in [-0.1, -0.05) is 11.6 Å². The van der Waals surface area contributed by atoms with Crippen LogP contribution in [0.25, 0.3) is 6.08 Å². The molecule has 12 nitrogen and oxygen atoms in total. The number of phenolic OH excluding ortho intramolecular Hbond substituents is 1. The van der Waals surface area contributed by atoms with Crippen molar-refractivity contribution in [2.24, 2.45) is 0 Å². The lowest BCUT2D eigenvalue weighted by atomic mass is 10.0. The number of nitro groups is 2. The molecule has 2 aromatic rings. The monoisotopic (exact) mass is 450 g/mol. The summed E-state index contributed by atoms with van der Waals surface area (Å²) < 4.78 is 0. The molecule has 0 radical (unpaired) electrons. The maximum absolute atomic E-state index is 12.7. The highest BCUT2D eigenvalue weighted by atomic mass is 35.5. The third kappa shape index (κ3) is 6.48. The Bertz CT molecular complexity index is 1090. The number of carboxylic acids is 1. The van der Waals surface area contributed by atoms with Crippen molar-refractivity contribution in [1.29, 1.82) is 0 Å². The highest BCUT2D eigenvalue weighted by Crippen LogP contribution is 2.30. The summed E-state index contributed by atoms with van der Waals surface area (Å²) >= 11 is 5.96. The summed E-state index contributed by atoms with van der Waals surface area (Å²) in [6, 6.07) is 5.90. The third-order valence-electron chi connectivity index (χ3n) is 3.85. The van der Waals surface area contributed by atoms with Gasteiger partial charge in [-0.3, -0.25) is 29.8 Å². The van der Waals surface area contributed by atoms with Crippen molar-refractivity contribution in [2.75, 3.05) is 11.9 Å². The number of halogens is 1. The van der Waals surface area contributed by atoms with E-state index in [0.717, 1.165) is 18.2 Å². The zero-order valence-electron chi connectivity index (χ0n) is 15.6. The Kier molecular flexibility index (Phi) is 7.60. The molecule has 4 N–H and O–H groups in total. The van der Waals surface area contributed by atoms with E-state index in [2.05, 4.69) is 10.6 Å². The molecule has 0 spiro atoms. The second-order valence-electron chi connectivity index (χ2n) is 6.05. The molecule has 0 atom stereocenters. The first-order valence-corrected chi connectivity index (χ1v) is 8.81. The summed E-state index contributed by atoms with van der Waals surface area (Å²) in [7, 11) is 0. The number of carbonyl (C=O) groups is 2. The van der Waals surface area contributed by atoms with E-state index in [4.69, 9.17) is 16.7 Å². The predicted molar refractivity (Wildman–Crippen MR) is 110 cm³/mol. The number of phenols is 1. The number of nitrogens with zero attached hydrogens (tertiary/aromatic N) is 2. The maximum Gasteiger partial charge on any atom is 0.317 e. The number of nitro benzene ring substituents is 1. The van der Waals surface area contributed by atoms with E-state index in [9.17, 15) is 34.9 Å². The average Bonchev–Trinajstić information content (AvgIpc) is 2.69. The summed E-state index contributed by atoms with van der Waals surface area (Å²) in [5, 5.41) is 45.4. The molecular formula is C18H15ClN4O8. The molecule has 0 aliphatic heterocycles. The number of hydrogen-bond donors (Lipinski definition) is 4. The van der Waals surface area contributed by atoms with Crippen LogP contribution in [0.5, 0.6) is 5.75 Å². The Labute approximate surface area is 179 Å². The highest BCUT2D eigenvalue weighted by Gasteiger charge is 2.18. The van der Waals surface area contributed by atoms with Crippen LogP contribution in [0.1, 0.15) is 21.5 Å². The van der Waals surface area contributed by atoms with Crippen LogP contribution in [0.3, 0.4) is 0 Å². The molecule has 0 aliphatic rings. The molecule has 0 heterocycles. The fourth-order valence-corrected chi connectivity index (χ4v) is 2.70. The number of carbonyl (C=O) groups excluding carboxylic acids is 1. The van der Waals surface area contributed by atoms with Gasteiger partial charge in [-0.2, -0.15) is 0 Å². The summed E-state index contributed by atoms with van der Waals surface area (Å²) in [5.74, 6) is -2.47. The van der Waals surface area contributed by atoms with Crippen LogP contribution in [-0.4, -0.2) is 38.5 Å². The maximum atomic E-state index is 12.7. The average molecular weight is 451 g/mol. The van der Waals surface area contributed by atoms with Crippen LogP contribution in [0, 0.1) is 20.2 Å². The van der Waals surface area contributed by atoms with Crippen LogP contribution in [0.4, 0.5) is 11.4 Å². The molecule has 0 saturated heterocycles. The molecule has 1 amide bonds. The van der Waals surface area contributed by atoms with E-state index in [-0.39, 0.29) is 39.6 Å². The number of non-ortho nitro benzene ring substituents is 1. The minimum Gasteiger partial charge on any atom is -0.507 e. The normalized spacial score (nSPS) is 10.7. The Morgan fingerprint density at radius 3 is 2.45 bits per heavy atom. The van der Waals surface area contributed by atoms with Gasteiger partial charge in [0.25, 0.3) is 11.6 Å². The summed E-state index contributed by atoms with van der Waals surface area (Å²) in [5.41, 5.74) is -0.210. The SMILES string of the molecule is O=C(O)CNCc1cc(/C=C/[N+](=O)[O-])cc(C(=O)Nc2ccc([N+](=O)[O-])cc2Cl)c1O. The van der Waals surface area contributed by atoms with Gasteiger partial charge in [-0.05, 0) is 23.8 Å². The second-order valence-corrected chi connectivity index (χ2v) is 6.46.